The molecular weight excluding hydrogens is 392 g/mol. The Morgan fingerprint density at radius 2 is 1.41 bits per heavy atom. The molecule has 0 aliphatic rings. The second-order valence-corrected chi connectivity index (χ2v) is 8.53. The van der Waals surface area contributed by atoms with E-state index in [1.165, 1.54) is 6.42 Å². The molecule has 0 bridgehead atoms. The molecule has 0 N–H and O–H groups in total. The third-order valence-electron chi connectivity index (χ3n) is 5.23. The molecule has 0 aromatic rings. The number of hydrogen-bond donors (Lipinski definition) is 0. The van der Waals surface area contributed by atoms with Crippen LogP contribution in [0.1, 0.15) is 47.0 Å². The third-order valence-corrected chi connectivity index (χ3v) is 5.23. The Balaban J connectivity index is 5.38. The average molecular weight is 437 g/mol. The first kappa shape index (κ1) is 29.4. The molecule has 1 unspecified atom stereocenters. The van der Waals surface area contributed by atoms with Gasteiger partial charge in [-0.25, -0.2) is 0 Å². The quantitative estimate of drug-likeness (QED) is 0.129. The maximum atomic E-state index is 5.93. The van der Waals surface area contributed by atoms with E-state index in [-0.39, 0.29) is 0 Å². The Morgan fingerprint density at radius 1 is 0.781 bits per heavy atom. The van der Waals surface area contributed by atoms with E-state index in [9.17, 15) is 0 Å². The minimum Gasteiger partial charge on any atom is -0.491 e. The van der Waals surface area contributed by atoms with Crippen molar-refractivity contribution in [3.8, 4) is 0 Å². The normalized spacial score (nSPS) is 12.9. The molecule has 2 nitrogen and oxygen atoms in total. The average Bonchev–Trinajstić information content (AvgIpc) is 2.77. The second-order valence-electron chi connectivity index (χ2n) is 8.53. The lowest BCUT2D eigenvalue weighted by Gasteiger charge is -2.15. The van der Waals surface area contributed by atoms with E-state index in [1.54, 1.807) is 7.11 Å². The Morgan fingerprint density at radius 3 is 1.97 bits per heavy atom. The molecule has 0 heterocycles. The summed E-state index contributed by atoms with van der Waals surface area (Å²) in [6.07, 6.45) is 12.9. The van der Waals surface area contributed by atoms with Crippen molar-refractivity contribution in [1.82, 2.24) is 0 Å². The van der Waals surface area contributed by atoms with Crippen LogP contribution in [0, 0.1) is 11.8 Å². The fourth-order valence-corrected chi connectivity index (χ4v) is 2.54. The summed E-state index contributed by atoms with van der Waals surface area (Å²) in [5, 5.41) is 0. The predicted molar refractivity (Wildman–Crippen MR) is 143 cm³/mol. The maximum Gasteiger partial charge on any atom is 0.127 e. The van der Waals surface area contributed by atoms with Gasteiger partial charge in [0.2, 0.25) is 0 Å². The standard InChI is InChI=1S/C30H44O2/c1-12-23(4)14-16-26(7)28(9)21-30(32-20-19-31-11)29(10)27(8)18-17-25(6)24(5)15-13-22(2)3/h14,16-18,21-22,24H,4,6-10,12-13,15,19-20H2,1-3,5,11H3/b16-14-,18-17-,30-21+. The van der Waals surface area contributed by atoms with E-state index in [0.29, 0.717) is 36.4 Å². The number of allylic oxidation sites excluding steroid dienone is 10. The van der Waals surface area contributed by atoms with Gasteiger partial charge in [0.1, 0.15) is 12.4 Å². The van der Waals surface area contributed by atoms with Crippen LogP contribution in [0.5, 0.6) is 0 Å². The van der Waals surface area contributed by atoms with E-state index in [1.807, 2.05) is 30.4 Å². The van der Waals surface area contributed by atoms with E-state index < -0.39 is 0 Å². The highest BCUT2D eigenvalue weighted by molar-refractivity contribution is 5.53. The molecule has 0 saturated carbocycles. The first-order valence-electron chi connectivity index (χ1n) is 11.4. The van der Waals surface area contributed by atoms with Gasteiger partial charge >= 0.3 is 0 Å². The third kappa shape index (κ3) is 12.3. The van der Waals surface area contributed by atoms with Gasteiger partial charge in [-0.3, -0.25) is 0 Å². The van der Waals surface area contributed by atoms with E-state index in [2.05, 4.69) is 67.2 Å². The summed E-state index contributed by atoms with van der Waals surface area (Å²) in [5.74, 6) is 1.72. The van der Waals surface area contributed by atoms with Crippen molar-refractivity contribution in [2.24, 2.45) is 11.8 Å². The van der Waals surface area contributed by atoms with Crippen molar-refractivity contribution in [3.63, 3.8) is 0 Å². The molecule has 0 saturated heterocycles. The molecule has 0 aromatic heterocycles. The molecule has 0 radical (unpaired) electrons. The van der Waals surface area contributed by atoms with Crippen LogP contribution in [-0.4, -0.2) is 20.3 Å². The smallest absolute Gasteiger partial charge is 0.127 e. The van der Waals surface area contributed by atoms with Gasteiger partial charge in [-0.2, -0.15) is 0 Å². The molecule has 2 heteroatoms. The lowest BCUT2D eigenvalue weighted by atomic mass is 9.92. The minimum atomic E-state index is 0.402. The zero-order valence-corrected chi connectivity index (χ0v) is 21.1. The molecule has 176 valence electrons. The first-order valence-corrected chi connectivity index (χ1v) is 11.4. The van der Waals surface area contributed by atoms with E-state index >= 15 is 0 Å². The van der Waals surface area contributed by atoms with Crippen LogP contribution in [0.4, 0.5) is 0 Å². The number of methoxy groups -OCH3 is 1. The summed E-state index contributed by atoms with van der Waals surface area (Å²) in [4.78, 5) is 0. The van der Waals surface area contributed by atoms with Crippen molar-refractivity contribution >= 4 is 0 Å². The van der Waals surface area contributed by atoms with Crippen LogP contribution >= 0.6 is 0 Å². The van der Waals surface area contributed by atoms with E-state index in [0.717, 1.165) is 40.7 Å². The fourth-order valence-electron chi connectivity index (χ4n) is 2.54. The summed E-state index contributed by atoms with van der Waals surface area (Å²) in [5.41, 5.74) is 5.10. The van der Waals surface area contributed by atoms with Crippen molar-refractivity contribution in [2.75, 3.05) is 20.3 Å². The fraction of sp³-hybridized carbons (Fsp3) is 0.400. The SMILES string of the molecule is C=C(/C=C\C(=C)C(=C)/C=C(/OCCOC)C(=C)C(=C)/C=C\C(=C)C(C)CCC(C)C)CC. The van der Waals surface area contributed by atoms with Crippen LogP contribution in [0.2, 0.25) is 0 Å². The number of ether oxygens (including phenoxy) is 2. The zero-order chi connectivity index (χ0) is 24.7. The summed E-state index contributed by atoms with van der Waals surface area (Å²) >= 11 is 0. The van der Waals surface area contributed by atoms with Crippen molar-refractivity contribution in [3.05, 3.63) is 109 Å². The van der Waals surface area contributed by atoms with Gasteiger partial charge in [-0.1, -0.05) is 109 Å². The number of rotatable bonds is 17. The van der Waals surface area contributed by atoms with Gasteiger partial charge in [0.05, 0.1) is 6.61 Å². The molecule has 1 atom stereocenters. The summed E-state index contributed by atoms with van der Waals surface area (Å²) in [7, 11) is 1.64. The molecular formula is C30H44O2. The van der Waals surface area contributed by atoms with Crippen LogP contribution in [0.15, 0.2) is 109 Å². The first-order chi connectivity index (χ1) is 15.0. The zero-order valence-electron chi connectivity index (χ0n) is 21.1. The second kappa shape index (κ2) is 16.1. The maximum absolute atomic E-state index is 5.93. The summed E-state index contributed by atoms with van der Waals surface area (Å²) in [6.45, 7) is 34.4. The van der Waals surface area contributed by atoms with Crippen molar-refractivity contribution < 1.29 is 9.47 Å². The van der Waals surface area contributed by atoms with Crippen LogP contribution < -0.4 is 0 Å². The van der Waals surface area contributed by atoms with E-state index in [4.69, 9.17) is 9.47 Å². The predicted octanol–water partition coefficient (Wildman–Crippen LogP) is 8.47. The molecule has 0 rings (SSSR count). The Bertz CT molecular complexity index is 784. The van der Waals surface area contributed by atoms with Crippen molar-refractivity contribution in [2.45, 2.75) is 47.0 Å². The Kier molecular flexibility index (Phi) is 14.8. The van der Waals surface area contributed by atoms with Crippen LogP contribution in [0.3, 0.4) is 0 Å². The van der Waals surface area contributed by atoms with Gasteiger partial charge in [0.25, 0.3) is 0 Å². The molecule has 0 amide bonds. The molecule has 32 heavy (non-hydrogen) atoms. The Labute approximate surface area is 197 Å². The lowest BCUT2D eigenvalue weighted by molar-refractivity contribution is 0.113. The summed E-state index contributed by atoms with van der Waals surface area (Å²) < 4.78 is 11.0. The van der Waals surface area contributed by atoms with Gasteiger partial charge in [0.15, 0.2) is 0 Å². The largest absolute Gasteiger partial charge is 0.491 e. The lowest BCUT2D eigenvalue weighted by Crippen LogP contribution is -2.05. The highest BCUT2D eigenvalue weighted by Crippen LogP contribution is 2.24. The molecule has 0 aromatic carbocycles. The van der Waals surface area contributed by atoms with Gasteiger partial charge in [0, 0.05) is 12.7 Å². The minimum absolute atomic E-state index is 0.402. The van der Waals surface area contributed by atoms with Gasteiger partial charge in [-0.15, -0.1) is 0 Å². The van der Waals surface area contributed by atoms with Crippen LogP contribution in [0.25, 0.3) is 0 Å². The monoisotopic (exact) mass is 436 g/mol. The highest BCUT2D eigenvalue weighted by atomic mass is 16.5. The number of hydrogen-bond acceptors (Lipinski definition) is 2. The molecule has 0 aliphatic carbocycles. The molecule has 0 spiro atoms. The Hall–Kier alpha value is -2.58. The summed E-state index contributed by atoms with van der Waals surface area (Å²) in [6, 6.07) is 0. The van der Waals surface area contributed by atoms with Crippen LogP contribution in [-0.2, 0) is 9.47 Å². The van der Waals surface area contributed by atoms with Gasteiger partial charge in [-0.05, 0) is 47.5 Å². The molecule has 0 fully saturated rings. The van der Waals surface area contributed by atoms with Crippen molar-refractivity contribution in [1.29, 1.82) is 0 Å². The van der Waals surface area contributed by atoms with Gasteiger partial charge < -0.3 is 9.47 Å². The highest BCUT2D eigenvalue weighted by Gasteiger charge is 2.10. The molecule has 0 aliphatic heterocycles. The topological polar surface area (TPSA) is 18.5 Å².